The van der Waals surface area contributed by atoms with Gasteiger partial charge in [-0.05, 0) is 52.9 Å². The monoisotopic (exact) mass is 214 g/mol. The first-order chi connectivity index (χ1) is 7.14. The van der Waals surface area contributed by atoms with Crippen molar-refractivity contribution >= 4 is 6.47 Å². The quantitative estimate of drug-likeness (QED) is 0.697. The molecule has 1 rings (SSSR count). The molecule has 15 heavy (non-hydrogen) atoms. The maximum atomic E-state index is 10.3. The molecular formula is C11H22N2O2. The van der Waals surface area contributed by atoms with Crippen molar-refractivity contribution in [2.45, 2.75) is 32.3 Å². The molecule has 1 aliphatic heterocycles. The number of nitrogens with one attached hydrogen (secondary N) is 1. The second kappa shape index (κ2) is 6.08. The fraction of sp³-hybridized carbons (Fsp3) is 0.909. The smallest absolute Gasteiger partial charge is 0.293 e. The van der Waals surface area contributed by atoms with Crippen LogP contribution in [0, 0.1) is 0 Å². The van der Waals surface area contributed by atoms with Crippen LogP contribution in [0.25, 0.3) is 0 Å². The molecule has 0 atom stereocenters. The Morgan fingerprint density at radius 1 is 1.33 bits per heavy atom. The van der Waals surface area contributed by atoms with E-state index in [1.54, 1.807) is 0 Å². The molecule has 4 nitrogen and oxygen atoms in total. The van der Waals surface area contributed by atoms with Gasteiger partial charge in [0.15, 0.2) is 0 Å². The predicted molar refractivity (Wildman–Crippen MR) is 59.8 cm³/mol. The van der Waals surface area contributed by atoms with Crippen LogP contribution in [0.1, 0.15) is 26.7 Å². The van der Waals surface area contributed by atoms with E-state index in [9.17, 15) is 4.79 Å². The molecular weight excluding hydrogens is 192 g/mol. The lowest BCUT2D eigenvalue weighted by molar-refractivity contribution is -0.142. The summed E-state index contributed by atoms with van der Waals surface area (Å²) in [4.78, 5) is 12.7. The van der Waals surface area contributed by atoms with Crippen LogP contribution in [0.2, 0.25) is 0 Å². The van der Waals surface area contributed by atoms with Gasteiger partial charge < -0.3 is 10.1 Å². The van der Waals surface area contributed by atoms with E-state index in [0.717, 1.165) is 45.6 Å². The fourth-order valence-corrected chi connectivity index (χ4v) is 1.96. The number of nitrogens with zero attached hydrogens (tertiary/aromatic N) is 1. The van der Waals surface area contributed by atoms with Crippen molar-refractivity contribution in [2.24, 2.45) is 0 Å². The zero-order chi connectivity index (χ0) is 11.1. The Hall–Kier alpha value is -0.610. The molecule has 1 heterocycles. The zero-order valence-corrected chi connectivity index (χ0v) is 9.79. The SMILES string of the molecule is CC(C)(CN1CCCNCCC1)OC=O. The minimum absolute atomic E-state index is 0.367. The first-order valence-electron chi connectivity index (χ1n) is 5.68. The molecule has 1 aliphatic rings. The van der Waals surface area contributed by atoms with Crippen molar-refractivity contribution < 1.29 is 9.53 Å². The van der Waals surface area contributed by atoms with Crippen LogP contribution in [0.4, 0.5) is 0 Å². The van der Waals surface area contributed by atoms with E-state index in [1.165, 1.54) is 0 Å². The van der Waals surface area contributed by atoms with E-state index >= 15 is 0 Å². The molecule has 1 saturated heterocycles. The molecule has 0 aromatic carbocycles. The maximum Gasteiger partial charge on any atom is 0.293 e. The molecule has 1 N–H and O–H groups in total. The van der Waals surface area contributed by atoms with Crippen LogP contribution in [-0.2, 0) is 9.53 Å². The molecule has 0 aromatic heterocycles. The van der Waals surface area contributed by atoms with E-state index in [4.69, 9.17) is 4.74 Å². The van der Waals surface area contributed by atoms with E-state index in [-0.39, 0.29) is 5.60 Å². The second-order valence-corrected chi connectivity index (χ2v) is 4.71. The van der Waals surface area contributed by atoms with Crippen LogP contribution < -0.4 is 5.32 Å². The topological polar surface area (TPSA) is 41.6 Å². The highest BCUT2D eigenvalue weighted by Crippen LogP contribution is 2.11. The van der Waals surface area contributed by atoms with Gasteiger partial charge in [-0.15, -0.1) is 0 Å². The summed E-state index contributed by atoms with van der Waals surface area (Å²) >= 11 is 0. The summed E-state index contributed by atoms with van der Waals surface area (Å²) in [5.74, 6) is 0. The summed E-state index contributed by atoms with van der Waals surface area (Å²) in [6.45, 7) is 9.63. The van der Waals surface area contributed by atoms with Gasteiger partial charge in [0.05, 0.1) is 0 Å². The summed E-state index contributed by atoms with van der Waals surface area (Å²) in [7, 11) is 0. The van der Waals surface area contributed by atoms with Gasteiger partial charge in [0.2, 0.25) is 0 Å². The third kappa shape index (κ3) is 5.14. The van der Waals surface area contributed by atoms with Gasteiger partial charge in [0, 0.05) is 6.54 Å². The van der Waals surface area contributed by atoms with Gasteiger partial charge in [0.25, 0.3) is 6.47 Å². The average molecular weight is 214 g/mol. The average Bonchev–Trinajstić information content (AvgIpc) is 2.09. The van der Waals surface area contributed by atoms with Gasteiger partial charge in [-0.3, -0.25) is 9.69 Å². The first-order valence-corrected chi connectivity index (χ1v) is 5.68. The summed E-state index contributed by atoms with van der Waals surface area (Å²) in [6, 6.07) is 0. The summed E-state index contributed by atoms with van der Waals surface area (Å²) in [5.41, 5.74) is -0.367. The molecule has 1 fully saturated rings. The van der Waals surface area contributed by atoms with Gasteiger partial charge in [0.1, 0.15) is 5.60 Å². The number of hydrogen-bond acceptors (Lipinski definition) is 4. The molecule has 4 heteroatoms. The predicted octanol–water partition coefficient (Wildman–Crippen LogP) is 0.623. The van der Waals surface area contributed by atoms with Crippen LogP contribution in [0.15, 0.2) is 0 Å². The summed E-state index contributed by atoms with van der Waals surface area (Å²) in [5, 5.41) is 3.38. The lowest BCUT2D eigenvalue weighted by atomic mass is 10.1. The third-order valence-electron chi connectivity index (χ3n) is 2.63. The second-order valence-electron chi connectivity index (χ2n) is 4.71. The Morgan fingerprint density at radius 2 is 1.93 bits per heavy atom. The largest absolute Gasteiger partial charge is 0.461 e. The number of ether oxygens (including phenoxy) is 1. The fourth-order valence-electron chi connectivity index (χ4n) is 1.96. The highest BCUT2D eigenvalue weighted by atomic mass is 16.5. The molecule has 0 unspecified atom stereocenters. The Morgan fingerprint density at radius 3 is 2.47 bits per heavy atom. The Balaban J connectivity index is 2.36. The van der Waals surface area contributed by atoms with Gasteiger partial charge >= 0.3 is 0 Å². The van der Waals surface area contributed by atoms with Crippen molar-refractivity contribution in [1.82, 2.24) is 10.2 Å². The molecule has 0 radical (unpaired) electrons. The lowest BCUT2D eigenvalue weighted by Crippen LogP contribution is -2.43. The molecule has 0 bridgehead atoms. The number of hydrogen-bond donors (Lipinski definition) is 1. The van der Waals surface area contributed by atoms with E-state index in [1.807, 2.05) is 13.8 Å². The first kappa shape index (κ1) is 12.5. The molecule has 0 aromatic rings. The molecule has 0 aliphatic carbocycles. The highest BCUT2D eigenvalue weighted by Gasteiger charge is 2.22. The third-order valence-corrected chi connectivity index (χ3v) is 2.63. The van der Waals surface area contributed by atoms with E-state index in [2.05, 4.69) is 10.2 Å². The summed E-state index contributed by atoms with van der Waals surface area (Å²) < 4.78 is 5.07. The lowest BCUT2D eigenvalue weighted by Gasteiger charge is -2.32. The molecule has 0 saturated carbocycles. The number of rotatable bonds is 4. The van der Waals surface area contributed by atoms with E-state index < -0.39 is 0 Å². The molecule has 0 spiro atoms. The minimum atomic E-state index is -0.367. The van der Waals surface area contributed by atoms with Crippen molar-refractivity contribution in [3.05, 3.63) is 0 Å². The normalized spacial score (nSPS) is 20.4. The summed E-state index contributed by atoms with van der Waals surface area (Å²) in [6.07, 6.45) is 2.33. The van der Waals surface area contributed by atoms with Gasteiger partial charge in [-0.2, -0.15) is 0 Å². The van der Waals surface area contributed by atoms with Crippen molar-refractivity contribution in [3.63, 3.8) is 0 Å². The zero-order valence-electron chi connectivity index (χ0n) is 9.79. The van der Waals surface area contributed by atoms with Crippen molar-refractivity contribution in [1.29, 1.82) is 0 Å². The Labute approximate surface area is 92.0 Å². The standard InChI is InChI=1S/C11H22N2O2/c1-11(2,15-10-14)9-13-7-3-5-12-6-4-8-13/h10,12H,3-9H2,1-2H3. The molecule has 0 amide bonds. The molecule has 88 valence electrons. The number of carbonyl (C=O) groups is 1. The maximum absolute atomic E-state index is 10.3. The van der Waals surface area contributed by atoms with Crippen LogP contribution >= 0.6 is 0 Å². The van der Waals surface area contributed by atoms with Crippen molar-refractivity contribution in [2.75, 3.05) is 32.7 Å². The van der Waals surface area contributed by atoms with Crippen LogP contribution in [-0.4, -0.2) is 49.7 Å². The van der Waals surface area contributed by atoms with Crippen LogP contribution in [0.5, 0.6) is 0 Å². The van der Waals surface area contributed by atoms with Crippen LogP contribution in [0.3, 0.4) is 0 Å². The number of carbonyl (C=O) groups excluding carboxylic acids is 1. The highest BCUT2D eigenvalue weighted by molar-refractivity contribution is 5.38. The van der Waals surface area contributed by atoms with Gasteiger partial charge in [-0.1, -0.05) is 0 Å². The van der Waals surface area contributed by atoms with Crippen molar-refractivity contribution in [3.8, 4) is 0 Å². The minimum Gasteiger partial charge on any atom is -0.461 e. The Bertz CT molecular complexity index is 187. The Kier molecular flexibility index (Phi) is 5.05. The van der Waals surface area contributed by atoms with E-state index in [0.29, 0.717) is 6.47 Å². The van der Waals surface area contributed by atoms with Gasteiger partial charge in [-0.25, -0.2) is 0 Å².